The first-order chi connectivity index (χ1) is 9.81. The van der Waals surface area contributed by atoms with E-state index in [1.807, 2.05) is 6.07 Å². The summed E-state index contributed by atoms with van der Waals surface area (Å²) in [4.78, 5) is 11.1. The molecule has 0 saturated carbocycles. The van der Waals surface area contributed by atoms with Crippen LogP contribution < -0.4 is 0 Å². The third kappa shape index (κ3) is 2.31. The molecule has 0 amide bonds. The van der Waals surface area contributed by atoms with Gasteiger partial charge in [0, 0.05) is 10.4 Å². The van der Waals surface area contributed by atoms with Crippen LogP contribution in [0.2, 0.25) is 0 Å². The van der Waals surface area contributed by atoms with Gasteiger partial charge in [0.15, 0.2) is 0 Å². The van der Waals surface area contributed by atoms with E-state index in [1.54, 1.807) is 29.4 Å². The van der Waals surface area contributed by atoms with E-state index in [4.69, 9.17) is 6.42 Å². The van der Waals surface area contributed by atoms with Gasteiger partial charge in [0.05, 0.1) is 11.1 Å². The topological polar surface area (TPSA) is 25.8 Å². The molecule has 0 unspecified atom stereocenters. The van der Waals surface area contributed by atoms with Crippen LogP contribution in [0.4, 0.5) is 0 Å². The molecule has 4 heteroatoms. The van der Waals surface area contributed by atoms with Gasteiger partial charge in [0.2, 0.25) is 0 Å². The Morgan fingerprint density at radius 2 is 2.05 bits per heavy atom. The lowest BCUT2D eigenvalue weighted by Crippen LogP contribution is -1.87. The number of fused-ring (bicyclic) bond motifs is 1. The maximum Gasteiger partial charge on any atom is 0.128 e. The van der Waals surface area contributed by atoms with Crippen molar-refractivity contribution >= 4 is 33.3 Å². The minimum absolute atomic E-state index is 0.620. The number of rotatable bonds is 3. The van der Waals surface area contributed by atoms with Crippen molar-refractivity contribution in [2.75, 3.05) is 5.75 Å². The van der Waals surface area contributed by atoms with E-state index in [-0.39, 0.29) is 0 Å². The Kier molecular flexibility index (Phi) is 3.72. The molecule has 1 aromatic carbocycles. The largest absolute Gasteiger partial charge is 0.229 e. The smallest absolute Gasteiger partial charge is 0.128 e. The van der Waals surface area contributed by atoms with Crippen LogP contribution in [0.25, 0.3) is 21.3 Å². The molecular weight excluding hydrogens is 284 g/mol. The zero-order valence-corrected chi connectivity index (χ0v) is 12.6. The van der Waals surface area contributed by atoms with Crippen LogP contribution in [-0.2, 0) is 0 Å². The maximum atomic E-state index is 5.36. The Bertz CT molecular complexity index is 785. The van der Waals surface area contributed by atoms with Crippen molar-refractivity contribution in [1.29, 1.82) is 0 Å². The summed E-state index contributed by atoms with van der Waals surface area (Å²) in [6.07, 6.45) is 6.98. The third-order valence-electron chi connectivity index (χ3n) is 2.98. The second kappa shape index (κ2) is 5.66. The van der Waals surface area contributed by atoms with E-state index in [1.165, 1.54) is 16.0 Å². The SMILES string of the molecule is C#CCSc1ncnc2sc(C)c(-c3ccccc3)c12. The molecule has 2 heterocycles. The highest BCUT2D eigenvalue weighted by Gasteiger charge is 2.16. The minimum Gasteiger partial charge on any atom is -0.229 e. The number of nitrogens with zero attached hydrogens (tertiary/aromatic N) is 2. The average Bonchev–Trinajstić information content (AvgIpc) is 2.82. The van der Waals surface area contributed by atoms with Crippen LogP contribution in [-0.4, -0.2) is 15.7 Å². The molecule has 0 aliphatic heterocycles. The lowest BCUT2D eigenvalue weighted by atomic mass is 10.0. The molecule has 2 nitrogen and oxygen atoms in total. The van der Waals surface area contributed by atoms with Gasteiger partial charge >= 0.3 is 0 Å². The van der Waals surface area contributed by atoms with Gasteiger partial charge < -0.3 is 0 Å². The van der Waals surface area contributed by atoms with Crippen molar-refractivity contribution in [3.63, 3.8) is 0 Å². The minimum atomic E-state index is 0.620. The van der Waals surface area contributed by atoms with Gasteiger partial charge in [0.25, 0.3) is 0 Å². The molecule has 98 valence electrons. The monoisotopic (exact) mass is 296 g/mol. The molecule has 0 spiro atoms. The first-order valence-corrected chi connectivity index (χ1v) is 7.97. The highest BCUT2D eigenvalue weighted by molar-refractivity contribution is 7.99. The molecule has 3 rings (SSSR count). The first kappa shape index (κ1) is 13.2. The molecule has 0 fully saturated rings. The van der Waals surface area contributed by atoms with Gasteiger partial charge in [-0.15, -0.1) is 17.8 Å². The Morgan fingerprint density at radius 3 is 2.80 bits per heavy atom. The number of thiophene rings is 1. The number of benzene rings is 1. The summed E-state index contributed by atoms with van der Waals surface area (Å²) in [5.41, 5.74) is 2.43. The second-order valence-corrected chi connectivity index (χ2v) is 6.42. The summed E-state index contributed by atoms with van der Waals surface area (Å²) in [6.45, 7) is 2.13. The van der Waals surface area contributed by atoms with Gasteiger partial charge in [-0.2, -0.15) is 0 Å². The van der Waals surface area contributed by atoms with Crippen molar-refractivity contribution in [3.8, 4) is 23.5 Å². The lowest BCUT2D eigenvalue weighted by molar-refractivity contribution is 1.11. The first-order valence-electron chi connectivity index (χ1n) is 6.17. The fourth-order valence-corrected chi connectivity index (χ4v) is 3.95. The molecule has 3 aromatic rings. The molecular formula is C16H12N2S2. The Labute approximate surface area is 126 Å². The molecule has 2 aromatic heterocycles. The van der Waals surface area contributed by atoms with Gasteiger partial charge in [-0.3, -0.25) is 0 Å². The van der Waals surface area contributed by atoms with Crippen LogP contribution in [0.1, 0.15) is 4.88 Å². The number of thioether (sulfide) groups is 1. The van der Waals surface area contributed by atoms with Crippen molar-refractivity contribution in [2.24, 2.45) is 0 Å². The fourth-order valence-electron chi connectivity index (χ4n) is 2.19. The predicted molar refractivity (Wildman–Crippen MR) is 87.1 cm³/mol. The van der Waals surface area contributed by atoms with Crippen molar-refractivity contribution in [1.82, 2.24) is 9.97 Å². The summed E-state index contributed by atoms with van der Waals surface area (Å²) < 4.78 is 0. The van der Waals surface area contributed by atoms with Crippen LogP contribution in [0.15, 0.2) is 41.7 Å². The predicted octanol–water partition coefficient (Wildman–Crippen LogP) is 4.39. The summed E-state index contributed by atoms with van der Waals surface area (Å²) in [5.74, 6) is 3.27. The van der Waals surface area contributed by atoms with Crippen LogP contribution in [0, 0.1) is 19.3 Å². The number of aryl methyl sites for hydroxylation is 1. The number of terminal acetylenes is 1. The molecule has 0 radical (unpaired) electrons. The Balaban J connectivity index is 2.26. The molecule has 0 N–H and O–H groups in total. The quantitative estimate of drug-likeness (QED) is 0.407. The van der Waals surface area contributed by atoms with E-state index in [0.717, 1.165) is 15.2 Å². The lowest BCUT2D eigenvalue weighted by Gasteiger charge is -2.04. The van der Waals surface area contributed by atoms with Gasteiger partial charge in [-0.05, 0) is 12.5 Å². The summed E-state index contributed by atoms with van der Waals surface area (Å²) >= 11 is 3.30. The molecule has 0 atom stereocenters. The Hall–Kier alpha value is -1.83. The molecule has 0 aliphatic rings. The number of hydrogen-bond donors (Lipinski definition) is 0. The van der Waals surface area contributed by atoms with Crippen molar-refractivity contribution in [2.45, 2.75) is 11.9 Å². The molecule has 0 saturated heterocycles. The van der Waals surface area contributed by atoms with Gasteiger partial charge in [-0.25, -0.2) is 9.97 Å². The second-order valence-electron chi connectivity index (χ2n) is 4.25. The highest BCUT2D eigenvalue weighted by Crippen LogP contribution is 2.40. The zero-order chi connectivity index (χ0) is 13.9. The van der Waals surface area contributed by atoms with Crippen LogP contribution in [0.5, 0.6) is 0 Å². The third-order valence-corrected chi connectivity index (χ3v) is 4.89. The van der Waals surface area contributed by atoms with Crippen molar-refractivity contribution < 1.29 is 0 Å². The van der Waals surface area contributed by atoms with E-state index in [0.29, 0.717) is 5.75 Å². The van der Waals surface area contributed by atoms with Gasteiger partial charge in [0.1, 0.15) is 16.2 Å². The van der Waals surface area contributed by atoms with E-state index >= 15 is 0 Å². The summed E-state index contributed by atoms with van der Waals surface area (Å²) in [6, 6.07) is 10.4. The number of hydrogen-bond acceptors (Lipinski definition) is 4. The molecule has 0 bridgehead atoms. The Morgan fingerprint density at radius 1 is 1.25 bits per heavy atom. The summed E-state index contributed by atoms with van der Waals surface area (Å²) in [5, 5.41) is 2.10. The zero-order valence-electron chi connectivity index (χ0n) is 11.0. The maximum absolute atomic E-state index is 5.36. The van der Waals surface area contributed by atoms with E-state index in [2.05, 4.69) is 47.1 Å². The average molecular weight is 296 g/mol. The standard InChI is InChI=1S/C16H12N2S2/c1-3-9-19-15-14-13(12-7-5-4-6-8-12)11(2)20-16(14)18-10-17-15/h1,4-8,10H,9H2,2H3. The fraction of sp³-hybridized carbons (Fsp3) is 0.125. The van der Waals surface area contributed by atoms with Crippen LogP contribution >= 0.6 is 23.1 Å². The summed E-state index contributed by atoms with van der Waals surface area (Å²) in [7, 11) is 0. The molecule has 0 aliphatic carbocycles. The highest BCUT2D eigenvalue weighted by atomic mass is 32.2. The normalized spacial score (nSPS) is 10.6. The van der Waals surface area contributed by atoms with Crippen molar-refractivity contribution in [3.05, 3.63) is 41.5 Å². The van der Waals surface area contributed by atoms with E-state index < -0.39 is 0 Å². The number of aromatic nitrogens is 2. The van der Waals surface area contributed by atoms with E-state index in [9.17, 15) is 0 Å². The van der Waals surface area contributed by atoms with Crippen LogP contribution in [0.3, 0.4) is 0 Å². The molecule has 20 heavy (non-hydrogen) atoms. The van der Waals surface area contributed by atoms with Gasteiger partial charge in [-0.1, -0.05) is 48.0 Å².